The minimum absolute atomic E-state index is 0.0591. The topological polar surface area (TPSA) is 58.4 Å². The summed E-state index contributed by atoms with van der Waals surface area (Å²) in [4.78, 5) is 13.7. The zero-order valence-electron chi connectivity index (χ0n) is 10.5. The van der Waals surface area contributed by atoms with Crippen LogP contribution >= 0.6 is 31.9 Å². The molecule has 0 aromatic heterocycles. The summed E-state index contributed by atoms with van der Waals surface area (Å²) in [5, 5.41) is 2.88. The lowest BCUT2D eigenvalue weighted by molar-refractivity contribution is -0.117. The Morgan fingerprint density at radius 1 is 1.39 bits per heavy atom. The second-order valence-electron chi connectivity index (χ2n) is 4.18. The molecule has 0 heterocycles. The fraction of sp³-hybridized carbons (Fsp3) is 0.417. The zero-order valence-corrected chi connectivity index (χ0v) is 13.6. The van der Waals surface area contributed by atoms with Crippen molar-refractivity contribution in [3.63, 3.8) is 0 Å². The second-order valence-corrected chi connectivity index (χ2v) is 5.89. The molecule has 0 saturated heterocycles. The van der Waals surface area contributed by atoms with E-state index in [2.05, 4.69) is 37.2 Å². The van der Waals surface area contributed by atoms with Gasteiger partial charge in [-0.05, 0) is 63.5 Å². The van der Waals surface area contributed by atoms with Crippen LogP contribution in [0.15, 0.2) is 21.1 Å². The molecule has 1 aromatic rings. The maximum atomic E-state index is 11.9. The van der Waals surface area contributed by atoms with Crippen LogP contribution in [0.2, 0.25) is 0 Å². The van der Waals surface area contributed by atoms with Crippen LogP contribution in [0.5, 0.6) is 0 Å². The van der Waals surface area contributed by atoms with Crippen molar-refractivity contribution in [2.75, 3.05) is 32.0 Å². The molecule has 0 atom stereocenters. The van der Waals surface area contributed by atoms with Crippen molar-refractivity contribution in [3.8, 4) is 0 Å². The van der Waals surface area contributed by atoms with E-state index in [9.17, 15) is 4.79 Å². The van der Waals surface area contributed by atoms with E-state index in [1.165, 1.54) is 0 Å². The molecular formula is C12H17Br2N3O. The van der Waals surface area contributed by atoms with Gasteiger partial charge in [0.2, 0.25) is 5.91 Å². The molecule has 1 amide bonds. The van der Waals surface area contributed by atoms with Crippen molar-refractivity contribution in [2.45, 2.75) is 6.92 Å². The Labute approximate surface area is 124 Å². The van der Waals surface area contributed by atoms with Gasteiger partial charge in [0.25, 0.3) is 0 Å². The van der Waals surface area contributed by atoms with Gasteiger partial charge in [0.15, 0.2) is 0 Å². The summed E-state index contributed by atoms with van der Waals surface area (Å²) in [7, 11) is 1.87. The number of benzene rings is 1. The Hall–Kier alpha value is -0.430. The SMILES string of the molecule is Cc1cc(Br)c(NC(=O)CN(C)CCN)c(Br)c1. The maximum absolute atomic E-state index is 11.9. The molecule has 18 heavy (non-hydrogen) atoms. The van der Waals surface area contributed by atoms with Crippen LogP contribution in [0, 0.1) is 6.92 Å². The predicted octanol–water partition coefficient (Wildman–Crippen LogP) is 2.35. The van der Waals surface area contributed by atoms with Crippen LogP contribution in [-0.2, 0) is 4.79 Å². The number of nitrogens with zero attached hydrogens (tertiary/aromatic N) is 1. The molecular weight excluding hydrogens is 362 g/mol. The molecule has 0 aliphatic carbocycles. The van der Waals surface area contributed by atoms with Crippen LogP contribution in [0.4, 0.5) is 5.69 Å². The number of rotatable bonds is 5. The molecule has 0 bridgehead atoms. The number of halogens is 2. The summed E-state index contributed by atoms with van der Waals surface area (Å²) in [5.41, 5.74) is 7.31. The van der Waals surface area contributed by atoms with Crippen molar-refractivity contribution < 1.29 is 4.79 Å². The molecule has 0 saturated carbocycles. The Kier molecular flexibility index (Phi) is 6.28. The molecule has 0 aliphatic heterocycles. The number of nitrogens with one attached hydrogen (secondary N) is 1. The van der Waals surface area contributed by atoms with Crippen molar-refractivity contribution in [1.82, 2.24) is 4.90 Å². The monoisotopic (exact) mass is 377 g/mol. The Balaban J connectivity index is 2.70. The average molecular weight is 379 g/mol. The number of anilines is 1. The third-order valence-corrected chi connectivity index (χ3v) is 3.63. The molecule has 6 heteroatoms. The maximum Gasteiger partial charge on any atom is 0.238 e. The smallest absolute Gasteiger partial charge is 0.238 e. The molecule has 0 spiro atoms. The van der Waals surface area contributed by atoms with E-state index < -0.39 is 0 Å². The van der Waals surface area contributed by atoms with Gasteiger partial charge in [-0.2, -0.15) is 0 Å². The van der Waals surface area contributed by atoms with Crippen LogP contribution in [0.25, 0.3) is 0 Å². The first kappa shape index (κ1) is 15.6. The largest absolute Gasteiger partial charge is 0.329 e. The van der Waals surface area contributed by atoms with Gasteiger partial charge < -0.3 is 11.1 Å². The summed E-state index contributed by atoms with van der Waals surface area (Å²) < 4.78 is 1.73. The minimum atomic E-state index is -0.0591. The average Bonchev–Trinajstić information content (AvgIpc) is 2.23. The molecule has 100 valence electrons. The lowest BCUT2D eigenvalue weighted by Gasteiger charge is -2.16. The first-order valence-corrected chi connectivity index (χ1v) is 7.16. The highest BCUT2D eigenvalue weighted by Gasteiger charge is 2.11. The standard InChI is InChI=1S/C12H17Br2N3O/c1-8-5-9(13)12(10(14)6-8)16-11(18)7-17(2)4-3-15/h5-6H,3-4,7,15H2,1-2H3,(H,16,18). The van der Waals surface area contributed by atoms with Crippen LogP contribution in [0.1, 0.15) is 5.56 Å². The van der Waals surface area contributed by atoms with E-state index in [1.807, 2.05) is 31.0 Å². The number of likely N-dealkylation sites (N-methyl/N-ethyl adjacent to an activating group) is 1. The van der Waals surface area contributed by atoms with E-state index in [1.54, 1.807) is 0 Å². The molecule has 1 aromatic carbocycles. The summed E-state index contributed by atoms with van der Waals surface area (Å²) in [6, 6.07) is 3.92. The summed E-state index contributed by atoms with van der Waals surface area (Å²) in [6.07, 6.45) is 0. The normalized spacial score (nSPS) is 10.8. The molecule has 0 unspecified atom stereocenters. The highest BCUT2D eigenvalue weighted by Crippen LogP contribution is 2.32. The van der Waals surface area contributed by atoms with Crippen molar-refractivity contribution >= 4 is 43.5 Å². The van der Waals surface area contributed by atoms with Gasteiger partial charge >= 0.3 is 0 Å². The molecule has 0 aliphatic rings. The zero-order chi connectivity index (χ0) is 13.7. The first-order chi connectivity index (χ1) is 8.43. The first-order valence-electron chi connectivity index (χ1n) is 5.58. The minimum Gasteiger partial charge on any atom is -0.329 e. The van der Waals surface area contributed by atoms with E-state index >= 15 is 0 Å². The van der Waals surface area contributed by atoms with E-state index in [0.717, 1.165) is 20.2 Å². The third kappa shape index (κ3) is 4.68. The molecule has 1 rings (SSSR count). The molecule has 3 N–H and O–H groups in total. The van der Waals surface area contributed by atoms with Crippen molar-refractivity contribution in [1.29, 1.82) is 0 Å². The third-order valence-electron chi connectivity index (χ3n) is 2.38. The summed E-state index contributed by atoms with van der Waals surface area (Å²) >= 11 is 6.89. The second kappa shape index (κ2) is 7.23. The van der Waals surface area contributed by atoms with Gasteiger partial charge in [0.05, 0.1) is 12.2 Å². The number of aryl methyl sites for hydroxylation is 1. The lowest BCUT2D eigenvalue weighted by atomic mass is 10.2. The van der Waals surface area contributed by atoms with Crippen LogP contribution < -0.4 is 11.1 Å². The Morgan fingerprint density at radius 2 is 1.94 bits per heavy atom. The number of hydrogen-bond donors (Lipinski definition) is 2. The highest BCUT2D eigenvalue weighted by atomic mass is 79.9. The number of amides is 1. The summed E-state index contributed by atoms with van der Waals surface area (Å²) in [5.74, 6) is -0.0591. The fourth-order valence-electron chi connectivity index (χ4n) is 1.54. The lowest BCUT2D eigenvalue weighted by Crippen LogP contribution is -2.33. The number of nitrogens with two attached hydrogens (primary N) is 1. The molecule has 0 fully saturated rings. The molecule has 0 radical (unpaired) electrons. The van der Waals surface area contributed by atoms with Gasteiger partial charge in [0, 0.05) is 22.0 Å². The van der Waals surface area contributed by atoms with Crippen LogP contribution in [-0.4, -0.2) is 37.5 Å². The van der Waals surface area contributed by atoms with E-state index in [0.29, 0.717) is 19.6 Å². The van der Waals surface area contributed by atoms with Gasteiger partial charge in [-0.15, -0.1) is 0 Å². The summed E-state index contributed by atoms with van der Waals surface area (Å²) in [6.45, 7) is 3.56. The van der Waals surface area contributed by atoms with E-state index in [4.69, 9.17) is 5.73 Å². The van der Waals surface area contributed by atoms with Gasteiger partial charge in [-0.3, -0.25) is 9.69 Å². The van der Waals surface area contributed by atoms with Gasteiger partial charge in [-0.1, -0.05) is 0 Å². The number of hydrogen-bond acceptors (Lipinski definition) is 3. The quantitative estimate of drug-likeness (QED) is 0.826. The number of carbonyl (C=O) groups excluding carboxylic acids is 1. The van der Waals surface area contributed by atoms with Gasteiger partial charge in [0.1, 0.15) is 0 Å². The Bertz CT molecular complexity index is 414. The highest BCUT2D eigenvalue weighted by molar-refractivity contribution is 9.11. The van der Waals surface area contributed by atoms with Crippen LogP contribution in [0.3, 0.4) is 0 Å². The van der Waals surface area contributed by atoms with Gasteiger partial charge in [-0.25, -0.2) is 0 Å². The number of carbonyl (C=O) groups is 1. The fourth-order valence-corrected chi connectivity index (χ4v) is 3.16. The van der Waals surface area contributed by atoms with Crippen molar-refractivity contribution in [2.24, 2.45) is 5.73 Å². The van der Waals surface area contributed by atoms with E-state index in [-0.39, 0.29) is 5.91 Å². The molecule has 4 nitrogen and oxygen atoms in total. The van der Waals surface area contributed by atoms with Crippen molar-refractivity contribution in [3.05, 3.63) is 26.6 Å². The Morgan fingerprint density at radius 3 is 2.44 bits per heavy atom. The predicted molar refractivity (Wildman–Crippen MR) is 81.8 cm³/mol.